The van der Waals surface area contributed by atoms with E-state index in [9.17, 15) is 9.59 Å². The first-order valence-corrected chi connectivity index (χ1v) is 10.0. The van der Waals surface area contributed by atoms with Crippen LogP contribution in [0.3, 0.4) is 0 Å². The van der Waals surface area contributed by atoms with Crippen molar-refractivity contribution in [2.75, 3.05) is 20.1 Å². The monoisotopic (exact) mass is 360 g/mol. The SMILES string of the molecule is CC(C(=O)N1CCC(N(C)C(=O)c2sc(C)cc2C)CC1)=C1CCC1. The fourth-order valence-electron chi connectivity index (χ4n) is 3.75. The molecule has 0 unspecified atom stereocenters. The Morgan fingerprint density at radius 2 is 1.84 bits per heavy atom. The maximum absolute atomic E-state index is 12.8. The van der Waals surface area contributed by atoms with Gasteiger partial charge in [-0.2, -0.15) is 0 Å². The normalized spacial score (nSPS) is 18.1. The number of likely N-dealkylation sites (tertiary alicyclic amines) is 1. The highest BCUT2D eigenvalue weighted by molar-refractivity contribution is 7.14. The number of carbonyl (C=O) groups excluding carboxylic acids is 2. The van der Waals surface area contributed by atoms with E-state index in [1.807, 2.05) is 37.6 Å². The van der Waals surface area contributed by atoms with Crippen LogP contribution in [0.2, 0.25) is 0 Å². The highest BCUT2D eigenvalue weighted by Gasteiger charge is 2.30. The van der Waals surface area contributed by atoms with Gasteiger partial charge in [0.2, 0.25) is 5.91 Å². The molecule has 5 heteroatoms. The van der Waals surface area contributed by atoms with Crippen molar-refractivity contribution in [2.45, 2.75) is 58.9 Å². The molecular weight excluding hydrogens is 332 g/mol. The van der Waals surface area contributed by atoms with Gasteiger partial charge in [-0.05, 0) is 64.5 Å². The molecule has 0 spiro atoms. The lowest BCUT2D eigenvalue weighted by atomic mass is 9.88. The molecular formula is C20H28N2O2S. The second-order valence-corrected chi connectivity index (χ2v) is 8.65. The maximum atomic E-state index is 12.8. The Hall–Kier alpha value is -1.62. The van der Waals surface area contributed by atoms with Crippen LogP contribution in [0.5, 0.6) is 0 Å². The van der Waals surface area contributed by atoms with Gasteiger partial charge in [0.05, 0.1) is 4.88 Å². The van der Waals surface area contributed by atoms with Gasteiger partial charge >= 0.3 is 0 Å². The number of thiophene rings is 1. The molecule has 0 aromatic carbocycles. The molecule has 1 aromatic heterocycles. The molecule has 136 valence electrons. The minimum atomic E-state index is 0.119. The molecule has 1 aliphatic heterocycles. The average Bonchev–Trinajstić information content (AvgIpc) is 2.89. The van der Waals surface area contributed by atoms with E-state index < -0.39 is 0 Å². The number of rotatable bonds is 3. The number of nitrogens with zero attached hydrogens (tertiary/aromatic N) is 2. The number of piperidine rings is 1. The van der Waals surface area contributed by atoms with Gasteiger partial charge in [-0.25, -0.2) is 0 Å². The summed E-state index contributed by atoms with van der Waals surface area (Å²) >= 11 is 1.57. The third kappa shape index (κ3) is 3.66. The number of hydrogen-bond acceptors (Lipinski definition) is 3. The number of carbonyl (C=O) groups is 2. The number of amides is 2. The number of hydrogen-bond donors (Lipinski definition) is 0. The molecule has 2 heterocycles. The van der Waals surface area contributed by atoms with E-state index in [1.165, 1.54) is 16.9 Å². The minimum absolute atomic E-state index is 0.119. The van der Waals surface area contributed by atoms with Crippen LogP contribution >= 0.6 is 11.3 Å². The van der Waals surface area contributed by atoms with Crippen molar-refractivity contribution in [2.24, 2.45) is 0 Å². The topological polar surface area (TPSA) is 40.6 Å². The van der Waals surface area contributed by atoms with Crippen molar-refractivity contribution < 1.29 is 9.59 Å². The summed E-state index contributed by atoms with van der Waals surface area (Å²) in [5.74, 6) is 0.319. The van der Waals surface area contributed by atoms with E-state index in [2.05, 4.69) is 6.07 Å². The minimum Gasteiger partial charge on any atom is -0.339 e. The maximum Gasteiger partial charge on any atom is 0.264 e. The Morgan fingerprint density at radius 1 is 1.20 bits per heavy atom. The molecule has 0 radical (unpaired) electrons. The molecule has 25 heavy (non-hydrogen) atoms. The second-order valence-electron chi connectivity index (χ2n) is 7.39. The quantitative estimate of drug-likeness (QED) is 0.766. The van der Waals surface area contributed by atoms with E-state index >= 15 is 0 Å². The molecule has 0 bridgehead atoms. The van der Waals surface area contributed by atoms with Crippen LogP contribution in [0.15, 0.2) is 17.2 Å². The Bertz CT molecular complexity index is 705. The van der Waals surface area contributed by atoms with E-state index in [0.717, 1.165) is 54.8 Å². The van der Waals surface area contributed by atoms with Crippen molar-refractivity contribution >= 4 is 23.2 Å². The summed E-state index contributed by atoms with van der Waals surface area (Å²) in [5, 5.41) is 0. The highest BCUT2D eigenvalue weighted by atomic mass is 32.1. The molecule has 3 rings (SSSR count). The molecule has 1 saturated carbocycles. The van der Waals surface area contributed by atoms with Crippen molar-refractivity contribution in [3.8, 4) is 0 Å². The van der Waals surface area contributed by atoms with Crippen molar-refractivity contribution in [3.05, 3.63) is 32.5 Å². The zero-order chi connectivity index (χ0) is 18.1. The zero-order valence-electron chi connectivity index (χ0n) is 15.7. The van der Waals surface area contributed by atoms with E-state index in [4.69, 9.17) is 0 Å². The van der Waals surface area contributed by atoms with Crippen LogP contribution in [-0.2, 0) is 4.79 Å². The van der Waals surface area contributed by atoms with Crippen molar-refractivity contribution in [3.63, 3.8) is 0 Å². The summed E-state index contributed by atoms with van der Waals surface area (Å²) < 4.78 is 0. The summed E-state index contributed by atoms with van der Waals surface area (Å²) in [6.45, 7) is 7.50. The average molecular weight is 361 g/mol. The molecule has 2 fully saturated rings. The Kier molecular flexibility index (Phi) is 5.32. The molecule has 4 nitrogen and oxygen atoms in total. The molecule has 2 aliphatic rings. The number of allylic oxidation sites excluding steroid dienone is 1. The Morgan fingerprint density at radius 3 is 2.32 bits per heavy atom. The van der Waals surface area contributed by atoms with Gasteiger partial charge in [0.25, 0.3) is 5.91 Å². The van der Waals surface area contributed by atoms with Gasteiger partial charge in [-0.15, -0.1) is 11.3 Å². The predicted octanol–water partition coefficient (Wildman–Crippen LogP) is 3.93. The first-order valence-electron chi connectivity index (χ1n) is 9.20. The summed E-state index contributed by atoms with van der Waals surface area (Å²) in [6, 6.07) is 2.29. The van der Waals surface area contributed by atoms with Gasteiger partial charge < -0.3 is 9.80 Å². The lowest BCUT2D eigenvalue weighted by molar-refractivity contribution is -0.128. The van der Waals surface area contributed by atoms with Crippen LogP contribution in [0.1, 0.15) is 59.1 Å². The van der Waals surface area contributed by atoms with Crippen LogP contribution in [0, 0.1) is 13.8 Å². The third-order valence-corrected chi connectivity index (χ3v) is 6.80. The molecule has 2 amide bonds. The van der Waals surface area contributed by atoms with E-state index in [-0.39, 0.29) is 17.9 Å². The smallest absolute Gasteiger partial charge is 0.264 e. The van der Waals surface area contributed by atoms with Crippen LogP contribution in [-0.4, -0.2) is 47.8 Å². The number of aryl methyl sites for hydroxylation is 2. The third-order valence-electron chi connectivity index (χ3n) is 5.66. The fourth-order valence-corrected chi connectivity index (χ4v) is 4.76. The van der Waals surface area contributed by atoms with E-state index in [1.54, 1.807) is 11.3 Å². The summed E-state index contributed by atoms with van der Waals surface area (Å²) in [6.07, 6.45) is 5.12. The van der Waals surface area contributed by atoms with Crippen molar-refractivity contribution in [1.82, 2.24) is 9.80 Å². The second kappa shape index (κ2) is 7.32. The molecule has 1 aliphatic carbocycles. The fraction of sp³-hybridized carbons (Fsp3) is 0.600. The van der Waals surface area contributed by atoms with Gasteiger partial charge in [-0.1, -0.05) is 5.57 Å². The zero-order valence-corrected chi connectivity index (χ0v) is 16.5. The first-order chi connectivity index (χ1) is 11.9. The van der Waals surface area contributed by atoms with Crippen LogP contribution in [0.4, 0.5) is 0 Å². The van der Waals surface area contributed by atoms with E-state index in [0.29, 0.717) is 0 Å². The van der Waals surface area contributed by atoms with Gasteiger partial charge in [-0.3, -0.25) is 9.59 Å². The Balaban J connectivity index is 1.59. The molecule has 1 aromatic rings. The summed E-state index contributed by atoms with van der Waals surface area (Å²) in [4.78, 5) is 31.3. The lowest BCUT2D eigenvalue weighted by Crippen LogP contribution is -2.47. The van der Waals surface area contributed by atoms with Crippen LogP contribution in [0.25, 0.3) is 0 Å². The predicted molar refractivity (Wildman–Crippen MR) is 102 cm³/mol. The molecule has 0 atom stereocenters. The first kappa shape index (κ1) is 18.2. The van der Waals surface area contributed by atoms with Crippen LogP contribution < -0.4 is 0 Å². The summed E-state index contributed by atoms with van der Waals surface area (Å²) in [5.41, 5.74) is 3.36. The molecule has 0 N–H and O–H groups in total. The van der Waals surface area contributed by atoms with Gasteiger partial charge in [0.1, 0.15) is 0 Å². The summed E-state index contributed by atoms with van der Waals surface area (Å²) in [7, 11) is 1.90. The molecule has 1 saturated heterocycles. The van der Waals surface area contributed by atoms with Crippen molar-refractivity contribution in [1.29, 1.82) is 0 Å². The highest BCUT2D eigenvalue weighted by Crippen LogP contribution is 2.30. The standard InChI is InChI=1S/C20H28N2O2S/c1-13-12-14(2)25-18(13)20(24)21(4)17-8-10-22(11-9-17)19(23)15(3)16-6-5-7-16/h12,17H,5-11H2,1-4H3. The largest absolute Gasteiger partial charge is 0.339 e. The van der Waals surface area contributed by atoms with Gasteiger partial charge in [0.15, 0.2) is 0 Å². The Labute approximate surface area is 154 Å². The lowest BCUT2D eigenvalue weighted by Gasteiger charge is -2.37. The van der Waals surface area contributed by atoms with Gasteiger partial charge in [0, 0.05) is 36.6 Å².